The minimum atomic E-state index is -3.59. The van der Waals surface area contributed by atoms with Crippen molar-refractivity contribution in [2.75, 3.05) is 13.6 Å². The van der Waals surface area contributed by atoms with Gasteiger partial charge in [-0.1, -0.05) is 13.8 Å². The molecule has 0 heterocycles. The van der Waals surface area contributed by atoms with Gasteiger partial charge in [-0.15, -0.1) is 0 Å². The lowest BCUT2D eigenvalue weighted by molar-refractivity contribution is 0.537. The van der Waals surface area contributed by atoms with Gasteiger partial charge in [-0.2, -0.15) is 0 Å². The Morgan fingerprint density at radius 1 is 1.38 bits per heavy atom. The molecule has 2 N–H and O–H groups in total. The van der Waals surface area contributed by atoms with Gasteiger partial charge in [0.15, 0.2) is 0 Å². The van der Waals surface area contributed by atoms with Crippen LogP contribution in [0.25, 0.3) is 0 Å². The summed E-state index contributed by atoms with van der Waals surface area (Å²) in [5.74, 6) is 0.0252. The average Bonchev–Trinajstić information content (AvgIpc) is 3.00. The second kappa shape index (κ2) is 5.66. The van der Waals surface area contributed by atoms with E-state index in [1.807, 2.05) is 0 Å². The van der Waals surface area contributed by atoms with Crippen molar-refractivity contribution >= 4 is 10.0 Å². The van der Waals surface area contributed by atoms with Crippen LogP contribution in [0.4, 0.5) is 4.39 Å². The van der Waals surface area contributed by atoms with Crippen molar-refractivity contribution in [1.29, 1.82) is 0 Å². The largest absolute Gasteiger partial charge is 0.316 e. The third-order valence-electron chi connectivity index (χ3n) is 4.22. The summed E-state index contributed by atoms with van der Waals surface area (Å²) in [5, 5.41) is 2.85. The fourth-order valence-electron chi connectivity index (χ4n) is 2.50. The first-order chi connectivity index (χ1) is 9.67. The zero-order chi connectivity index (χ0) is 15.8. The zero-order valence-electron chi connectivity index (χ0n) is 13.0. The molecule has 0 saturated heterocycles. The fourth-order valence-corrected chi connectivity index (χ4v) is 3.72. The Kier molecular flexibility index (Phi) is 4.42. The molecule has 1 saturated carbocycles. The second-order valence-electron chi connectivity index (χ2n) is 6.49. The molecule has 1 unspecified atom stereocenters. The molecule has 4 nitrogen and oxygen atoms in total. The molecular formula is C15H23FN2O2S. The molecule has 1 aromatic carbocycles. The van der Waals surface area contributed by atoms with Gasteiger partial charge in [0.2, 0.25) is 10.0 Å². The number of nitrogens with one attached hydrogen (secondary N) is 2. The highest BCUT2D eigenvalue weighted by Gasteiger charge is 2.45. The Morgan fingerprint density at radius 2 is 2.00 bits per heavy atom. The summed E-state index contributed by atoms with van der Waals surface area (Å²) in [4.78, 5) is 0.130. The molecule has 0 radical (unpaired) electrons. The van der Waals surface area contributed by atoms with Gasteiger partial charge in [0.05, 0.1) is 4.90 Å². The zero-order valence-corrected chi connectivity index (χ0v) is 13.8. The van der Waals surface area contributed by atoms with Gasteiger partial charge < -0.3 is 5.32 Å². The molecule has 0 spiro atoms. The molecule has 1 aliphatic rings. The van der Waals surface area contributed by atoms with E-state index in [-0.39, 0.29) is 16.1 Å². The highest BCUT2D eigenvalue weighted by atomic mass is 32.2. The third-order valence-corrected chi connectivity index (χ3v) is 5.62. The van der Waals surface area contributed by atoms with Crippen LogP contribution >= 0.6 is 0 Å². The van der Waals surface area contributed by atoms with E-state index in [9.17, 15) is 12.8 Å². The van der Waals surface area contributed by atoms with Gasteiger partial charge in [0.1, 0.15) is 5.82 Å². The monoisotopic (exact) mass is 314 g/mol. The third kappa shape index (κ3) is 3.62. The highest BCUT2D eigenvalue weighted by molar-refractivity contribution is 7.89. The molecule has 1 aliphatic carbocycles. The average molecular weight is 314 g/mol. The molecule has 0 aromatic heterocycles. The van der Waals surface area contributed by atoms with Crippen LogP contribution in [0.2, 0.25) is 0 Å². The van der Waals surface area contributed by atoms with Gasteiger partial charge in [-0.05, 0) is 49.4 Å². The van der Waals surface area contributed by atoms with Crippen molar-refractivity contribution in [3.05, 3.63) is 29.1 Å². The van der Waals surface area contributed by atoms with Crippen LogP contribution < -0.4 is 10.0 Å². The SMILES string of the molecule is CNCc1cc(S(=O)(=O)NCC2CC2(C)C)cc(C)c1F. The molecular weight excluding hydrogens is 291 g/mol. The number of rotatable bonds is 6. The van der Waals surface area contributed by atoms with Crippen molar-refractivity contribution in [2.45, 2.75) is 38.6 Å². The number of aryl methyl sites for hydroxylation is 1. The van der Waals surface area contributed by atoms with Gasteiger partial charge in [-0.25, -0.2) is 17.5 Å². The van der Waals surface area contributed by atoms with Gasteiger partial charge >= 0.3 is 0 Å². The molecule has 2 rings (SSSR count). The molecule has 1 aromatic rings. The maximum atomic E-state index is 13.9. The number of hydrogen-bond acceptors (Lipinski definition) is 3. The topological polar surface area (TPSA) is 58.2 Å². The van der Waals surface area contributed by atoms with Crippen molar-refractivity contribution in [3.63, 3.8) is 0 Å². The Bertz CT molecular complexity index is 641. The second-order valence-corrected chi connectivity index (χ2v) is 8.25. The number of halogens is 1. The van der Waals surface area contributed by atoms with Crippen LogP contribution in [0, 0.1) is 24.1 Å². The van der Waals surface area contributed by atoms with Crippen LogP contribution in [-0.2, 0) is 16.6 Å². The van der Waals surface area contributed by atoms with Gasteiger partial charge in [0.25, 0.3) is 0 Å². The molecule has 1 atom stereocenters. The minimum absolute atomic E-state index is 0.130. The summed E-state index contributed by atoms with van der Waals surface area (Å²) < 4.78 is 41.2. The van der Waals surface area contributed by atoms with Crippen LogP contribution in [0.3, 0.4) is 0 Å². The first-order valence-corrected chi connectivity index (χ1v) is 8.59. The van der Waals surface area contributed by atoms with Gasteiger partial charge in [-0.3, -0.25) is 0 Å². The minimum Gasteiger partial charge on any atom is -0.316 e. The van der Waals surface area contributed by atoms with E-state index in [1.54, 1.807) is 14.0 Å². The summed E-state index contributed by atoms with van der Waals surface area (Å²) in [6.45, 7) is 6.56. The lowest BCUT2D eigenvalue weighted by Gasteiger charge is -2.12. The molecule has 118 valence electrons. The molecule has 1 fully saturated rings. The Labute approximate surface area is 126 Å². The highest BCUT2D eigenvalue weighted by Crippen LogP contribution is 2.51. The van der Waals surface area contributed by atoms with E-state index in [4.69, 9.17) is 0 Å². The quantitative estimate of drug-likeness (QED) is 0.846. The maximum Gasteiger partial charge on any atom is 0.240 e. The van der Waals surface area contributed by atoms with Gasteiger partial charge in [0, 0.05) is 18.7 Å². The standard InChI is InChI=1S/C15H23FN2O2S/c1-10-5-13(6-11(8-17-4)14(10)16)21(19,20)18-9-12-7-15(12,2)3/h5-6,12,17-18H,7-9H2,1-4H3. The molecule has 0 aliphatic heterocycles. The number of sulfonamides is 1. The maximum absolute atomic E-state index is 13.9. The first-order valence-electron chi connectivity index (χ1n) is 7.10. The predicted molar refractivity (Wildman–Crippen MR) is 81.0 cm³/mol. The summed E-state index contributed by atoms with van der Waals surface area (Å²) in [6.07, 6.45) is 1.03. The Morgan fingerprint density at radius 3 is 2.52 bits per heavy atom. The normalized spacial score (nSPS) is 20.5. The molecule has 0 amide bonds. The van der Waals surface area contributed by atoms with Crippen molar-refractivity contribution in [3.8, 4) is 0 Å². The van der Waals surface area contributed by atoms with E-state index in [0.717, 1.165) is 6.42 Å². The Hall–Kier alpha value is -0.980. The molecule has 21 heavy (non-hydrogen) atoms. The lowest BCUT2D eigenvalue weighted by Crippen LogP contribution is -2.27. The summed E-state index contributed by atoms with van der Waals surface area (Å²) in [6, 6.07) is 2.79. The van der Waals surface area contributed by atoms with Crippen molar-refractivity contribution in [2.24, 2.45) is 11.3 Å². The van der Waals surface area contributed by atoms with Crippen LogP contribution in [0.15, 0.2) is 17.0 Å². The molecule has 0 bridgehead atoms. The van der Waals surface area contributed by atoms with Crippen LogP contribution in [0.1, 0.15) is 31.4 Å². The van der Waals surface area contributed by atoms with Crippen LogP contribution in [0.5, 0.6) is 0 Å². The lowest BCUT2D eigenvalue weighted by atomic mass is 10.1. The van der Waals surface area contributed by atoms with E-state index in [1.165, 1.54) is 12.1 Å². The smallest absolute Gasteiger partial charge is 0.240 e. The molecule has 6 heteroatoms. The van der Waals surface area contributed by atoms with Crippen molar-refractivity contribution in [1.82, 2.24) is 10.0 Å². The summed E-state index contributed by atoms with van der Waals surface area (Å²) >= 11 is 0. The Balaban J connectivity index is 2.19. The number of hydrogen-bond donors (Lipinski definition) is 2. The first kappa shape index (κ1) is 16.4. The van der Waals surface area contributed by atoms with E-state index < -0.39 is 10.0 Å². The van der Waals surface area contributed by atoms with E-state index in [2.05, 4.69) is 23.9 Å². The summed E-state index contributed by atoms with van der Waals surface area (Å²) in [5.41, 5.74) is 0.929. The summed E-state index contributed by atoms with van der Waals surface area (Å²) in [7, 11) is -1.89. The fraction of sp³-hybridized carbons (Fsp3) is 0.600. The predicted octanol–water partition coefficient (Wildman–Crippen LogP) is 2.18. The van der Waals surface area contributed by atoms with E-state index >= 15 is 0 Å². The van der Waals surface area contributed by atoms with Crippen LogP contribution in [-0.4, -0.2) is 22.0 Å². The van der Waals surface area contributed by atoms with E-state index in [0.29, 0.717) is 30.1 Å². The number of benzene rings is 1. The van der Waals surface area contributed by atoms with Crippen molar-refractivity contribution < 1.29 is 12.8 Å².